The average Bonchev–Trinajstić information content (AvgIpc) is 3.06. The van der Waals surface area contributed by atoms with Crippen molar-refractivity contribution in [3.05, 3.63) is 35.8 Å². The van der Waals surface area contributed by atoms with Crippen molar-refractivity contribution < 1.29 is 14.3 Å². The lowest BCUT2D eigenvalue weighted by Gasteiger charge is -2.33. The van der Waals surface area contributed by atoms with Gasteiger partial charge in [-0.3, -0.25) is 4.79 Å². The third kappa shape index (κ3) is 4.24. The number of aromatic nitrogens is 1. The van der Waals surface area contributed by atoms with Gasteiger partial charge in [-0.05, 0) is 62.5 Å². The molecular formula is C20H28FN3O2. The number of nitrogens with one attached hydrogen (secondary N) is 1. The van der Waals surface area contributed by atoms with Crippen molar-refractivity contribution in [1.29, 1.82) is 0 Å². The van der Waals surface area contributed by atoms with Crippen molar-refractivity contribution in [1.82, 2.24) is 14.8 Å². The zero-order valence-corrected chi connectivity index (χ0v) is 15.4. The number of halogens is 1. The highest BCUT2D eigenvalue weighted by Gasteiger charge is 2.23. The quantitative estimate of drug-likeness (QED) is 0.797. The topological polar surface area (TPSA) is 59.6 Å². The molecule has 142 valence electrons. The maximum atomic E-state index is 13.4. The number of hydrogen-bond acceptors (Lipinski definition) is 3. The van der Waals surface area contributed by atoms with Crippen LogP contribution in [0.3, 0.4) is 0 Å². The van der Waals surface area contributed by atoms with E-state index >= 15 is 0 Å². The Labute approximate surface area is 153 Å². The minimum atomic E-state index is -0.211. The van der Waals surface area contributed by atoms with Gasteiger partial charge in [-0.2, -0.15) is 0 Å². The highest BCUT2D eigenvalue weighted by Crippen LogP contribution is 2.33. The fraction of sp³-hybridized carbons (Fsp3) is 0.550. The molecule has 26 heavy (non-hydrogen) atoms. The molecule has 0 aliphatic carbocycles. The number of piperidine rings is 1. The number of carbonyl (C=O) groups excluding carboxylic acids is 1. The van der Waals surface area contributed by atoms with Crippen LogP contribution in [-0.4, -0.2) is 65.1 Å². The van der Waals surface area contributed by atoms with E-state index < -0.39 is 0 Å². The second-order valence-electron chi connectivity index (χ2n) is 7.00. The van der Waals surface area contributed by atoms with E-state index in [4.69, 9.17) is 5.11 Å². The van der Waals surface area contributed by atoms with Crippen LogP contribution in [0.4, 0.5) is 4.39 Å². The number of likely N-dealkylation sites (N-methyl/N-ethyl adjacent to an activating group) is 1. The molecule has 0 unspecified atom stereocenters. The molecule has 1 saturated heterocycles. The van der Waals surface area contributed by atoms with Crippen molar-refractivity contribution >= 4 is 16.8 Å². The number of amides is 1. The number of aliphatic hydroxyl groups excluding tert-OH is 1. The maximum absolute atomic E-state index is 13.4. The van der Waals surface area contributed by atoms with Gasteiger partial charge in [0.2, 0.25) is 5.91 Å². The maximum Gasteiger partial charge on any atom is 0.224 e. The number of aliphatic hydroxyl groups is 1. The third-order valence-corrected chi connectivity index (χ3v) is 5.45. The van der Waals surface area contributed by atoms with Crippen molar-refractivity contribution in [3.63, 3.8) is 0 Å². The lowest BCUT2D eigenvalue weighted by atomic mass is 9.89. The van der Waals surface area contributed by atoms with Crippen molar-refractivity contribution in [2.45, 2.75) is 32.1 Å². The highest BCUT2D eigenvalue weighted by molar-refractivity contribution is 5.83. The van der Waals surface area contributed by atoms with Gasteiger partial charge in [0.15, 0.2) is 0 Å². The van der Waals surface area contributed by atoms with E-state index in [0.29, 0.717) is 19.0 Å². The van der Waals surface area contributed by atoms with Gasteiger partial charge in [-0.25, -0.2) is 4.39 Å². The molecule has 0 saturated carbocycles. The summed E-state index contributed by atoms with van der Waals surface area (Å²) in [5, 5.41) is 10.0. The van der Waals surface area contributed by atoms with Crippen LogP contribution in [0.15, 0.2) is 24.4 Å². The van der Waals surface area contributed by atoms with Crippen LogP contribution in [0.2, 0.25) is 0 Å². The van der Waals surface area contributed by atoms with Crippen molar-refractivity contribution in [2.24, 2.45) is 0 Å². The van der Waals surface area contributed by atoms with Gasteiger partial charge in [0, 0.05) is 43.2 Å². The van der Waals surface area contributed by atoms with Crippen molar-refractivity contribution in [2.75, 3.05) is 39.3 Å². The summed E-state index contributed by atoms with van der Waals surface area (Å²) in [4.78, 5) is 19.3. The summed E-state index contributed by atoms with van der Waals surface area (Å²) in [6, 6.07) is 4.95. The molecule has 0 bridgehead atoms. The highest BCUT2D eigenvalue weighted by atomic mass is 19.1. The van der Waals surface area contributed by atoms with Crippen molar-refractivity contribution in [3.8, 4) is 0 Å². The van der Waals surface area contributed by atoms with Gasteiger partial charge in [-0.1, -0.05) is 0 Å². The van der Waals surface area contributed by atoms with Crippen LogP contribution >= 0.6 is 0 Å². The van der Waals surface area contributed by atoms with Crippen LogP contribution < -0.4 is 0 Å². The standard InChI is InChI=1S/C20H28FN3O2/c1-2-24(20(26)7-12-25)11-10-23-8-5-15(6-9-23)18-14-22-19-13-16(21)3-4-17(18)19/h3-4,13-15,22,25H,2,5-12H2,1H3. The summed E-state index contributed by atoms with van der Waals surface area (Å²) in [5.41, 5.74) is 2.15. The second-order valence-corrected chi connectivity index (χ2v) is 7.00. The number of likely N-dealkylation sites (tertiary alicyclic amines) is 1. The van der Waals surface area contributed by atoms with Gasteiger partial charge in [0.25, 0.3) is 0 Å². The summed E-state index contributed by atoms with van der Waals surface area (Å²) < 4.78 is 13.4. The van der Waals surface area contributed by atoms with E-state index in [9.17, 15) is 9.18 Å². The van der Waals surface area contributed by atoms with Crippen LogP contribution in [-0.2, 0) is 4.79 Å². The number of carbonyl (C=O) groups is 1. The lowest BCUT2D eigenvalue weighted by molar-refractivity contribution is -0.131. The SMILES string of the molecule is CCN(CCN1CCC(c2c[nH]c3cc(F)ccc23)CC1)C(=O)CCO. The van der Waals surface area contributed by atoms with Crippen LogP contribution in [0, 0.1) is 5.82 Å². The van der Waals surface area contributed by atoms with Gasteiger partial charge >= 0.3 is 0 Å². The van der Waals surface area contributed by atoms with Gasteiger partial charge in [0.05, 0.1) is 6.61 Å². The Balaban J connectivity index is 1.53. The fourth-order valence-corrected chi connectivity index (χ4v) is 3.90. The summed E-state index contributed by atoms with van der Waals surface area (Å²) in [6.45, 7) is 6.16. The number of H-pyrrole nitrogens is 1. The molecule has 0 atom stereocenters. The zero-order chi connectivity index (χ0) is 18.5. The molecule has 5 nitrogen and oxygen atoms in total. The smallest absolute Gasteiger partial charge is 0.224 e. The van der Waals surface area contributed by atoms with Gasteiger partial charge in [-0.15, -0.1) is 0 Å². The molecule has 2 heterocycles. The molecular weight excluding hydrogens is 333 g/mol. The van der Waals surface area contributed by atoms with E-state index in [1.165, 1.54) is 11.6 Å². The monoisotopic (exact) mass is 361 g/mol. The summed E-state index contributed by atoms with van der Waals surface area (Å²) >= 11 is 0. The largest absolute Gasteiger partial charge is 0.396 e. The van der Waals surface area contributed by atoms with E-state index in [0.717, 1.165) is 43.4 Å². The van der Waals surface area contributed by atoms with E-state index in [1.54, 1.807) is 6.07 Å². The summed E-state index contributed by atoms with van der Waals surface area (Å²) in [5.74, 6) is 0.302. The second kappa shape index (κ2) is 8.64. The molecule has 0 spiro atoms. The fourth-order valence-electron chi connectivity index (χ4n) is 3.90. The normalized spacial score (nSPS) is 16.3. The van der Waals surface area contributed by atoms with Gasteiger partial charge < -0.3 is 19.9 Å². The number of rotatable bonds is 7. The molecule has 2 aromatic rings. The van der Waals surface area contributed by atoms with Crippen LogP contribution in [0.25, 0.3) is 10.9 Å². The molecule has 1 aliphatic heterocycles. The molecule has 3 rings (SSSR count). The number of nitrogens with zero attached hydrogens (tertiary/aromatic N) is 2. The Kier molecular flexibility index (Phi) is 6.27. The number of hydrogen-bond donors (Lipinski definition) is 2. The lowest BCUT2D eigenvalue weighted by Crippen LogP contribution is -2.41. The number of benzene rings is 1. The average molecular weight is 361 g/mol. The molecule has 0 radical (unpaired) electrons. The predicted molar refractivity (Wildman–Crippen MR) is 101 cm³/mol. The third-order valence-electron chi connectivity index (χ3n) is 5.45. The Morgan fingerprint density at radius 1 is 1.38 bits per heavy atom. The Hall–Kier alpha value is -1.92. The molecule has 1 amide bonds. The number of aromatic amines is 1. The zero-order valence-electron chi connectivity index (χ0n) is 15.4. The molecule has 1 fully saturated rings. The Bertz CT molecular complexity index is 738. The molecule has 1 aliphatic rings. The van der Waals surface area contributed by atoms with E-state index in [2.05, 4.69) is 9.88 Å². The predicted octanol–water partition coefficient (Wildman–Crippen LogP) is 2.72. The Morgan fingerprint density at radius 2 is 2.15 bits per heavy atom. The van der Waals surface area contributed by atoms with Crippen LogP contribution in [0.5, 0.6) is 0 Å². The summed E-state index contributed by atoms with van der Waals surface area (Å²) in [7, 11) is 0. The molecule has 1 aromatic carbocycles. The minimum absolute atomic E-state index is 0.0240. The first-order valence-electron chi connectivity index (χ1n) is 9.50. The Morgan fingerprint density at radius 3 is 2.85 bits per heavy atom. The minimum Gasteiger partial charge on any atom is -0.396 e. The molecule has 1 aromatic heterocycles. The van der Waals surface area contributed by atoms with E-state index in [-0.39, 0.29) is 24.8 Å². The first-order valence-corrected chi connectivity index (χ1v) is 9.50. The molecule has 2 N–H and O–H groups in total. The van der Waals surface area contributed by atoms with E-state index in [1.807, 2.05) is 24.1 Å². The summed E-state index contributed by atoms with van der Waals surface area (Å²) in [6.07, 6.45) is 4.37. The van der Waals surface area contributed by atoms with Crippen LogP contribution in [0.1, 0.15) is 37.7 Å². The first-order chi connectivity index (χ1) is 12.6. The molecule has 6 heteroatoms. The van der Waals surface area contributed by atoms with Gasteiger partial charge in [0.1, 0.15) is 5.82 Å². The first kappa shape index (κ1) is 18.9. The number of fused-ring (bicyclic) bond motifs is 1.